The molecule has 0 amide bonds. The predicted molar refractivity (Wildman–Crippen MR) is 185 cm³/mol. The molecule has 4 N–H and O–H groups in total. The van der Waals surface area contributed by atoms with Gasteiger partial charge in [0.1, 0.15) is 0 Å². The fourth-order valence-electron chi connectivity index (χ4n) is 4.70. The van der Waals surface area contributed by atoms with Crippen LogP contribution in [0.15, 0.2) is 101 Å². The topological polar surface area (TPSA) is 72.8 Å². The van der Waals surface area contributed by atoms with Crippen LogP contribution in [0.1, 0.15) is 39.5 Å². The van der Waals surface area contributed by atoms with Gasteiger partial charge in [0, 0.05) is 7.05 Å². The van der Waals surface area contributed by atoms with Crippen LogP contribution < -0.4 is 37.4 Å². The molecule has 212 valence electrons. The molecular weight excluding hydrogens is 551 g/mol. The quantitative estimate of drug-likeness (QED) is 0.0766. The summed E-state index contributed by atoms with van der Waals surface area (Å²) in [6, 6.07) is 33.4. The first-order chi connectivity index (χ1) is 19.5. The maximum absolute atomic E-state index is 5.39. The fraction of sp³-hybridized carbons (Fsp3) is 0.290. The van der Waals surface area contributed by atoms with Gasteiger partial charge in [0.15, 0.2) is 5.11 Å². The van der Waals surface area contributed by atoms with Crippen molar-refractivity contribution < 1.29 is 0 Å². The average molecular weight is 593 g/mol. The summed E-state index contributed by atoms with van der Waals surface area (Å²) in [7, 11) is -0.404. The molecule has 0 bridgehead atoms. The molecular formula is C31H41N6PS2. The molecule has 0 aliphatic heterocycles. The summed E-state index contributed by atoms with van der Waals surface area (Å²) in [4.78, 5) is 0. The van der Waals surface area contributed by atoms with Crippen molar-refractivity contribution in [1.82, 2.24) is 21.5 Å². The van der Waals surface area contributed by atoms with E-state index >= 15 is 0 Å². The maximum atomic E-state index is 5.39. The van der Waals surface area contributed by atoms with E-state index in [4.69, 9.17) is 24.4 Å². The van der Waals surface area contributed by atoms with Gasteiger partial charge in [-0.05, 0) is 19.1 Å². The first-order valence-electron chi connectivity index (χ1n) is 13.7. The summed E-state index contributed by atoms with van der Waals surface area (Å²) >= 11 is 10.4. The van der Waals surface area contributed by atoms with Crippen molar-refractivity contribution in [3.63, 3.8) is 0 Å². The Kier molecular flexibility index (Phi) is 13.2. The first-order valence-corrected chi connectivity index (χ1v) is 16.8. The zero-order chi connectivity index (χ0) is 28.6. The summed E-state index contributed by atoms with van der Waals surface area (Å²) in [6.45, 7) is 4.53. The second kappa shape index (κ2) is 16.8. The van der Waals surface area contributed by atoms with Crippen LogP contribution in [0, 0.1) is 0 Å². The van der Waals surface area contributed by atoms with E-state index in [9.17, 15) is 0 Å². The zero-order valence-corrected chi connectivity index (χ0v) is 26.2. The van der Waals surface area contributed by atoms with Crippen molar-refractivity contribution in [3.8, 4) is 0 Å². The molecule has 0 fully saturated rings. The summed E-state index contributed by atoms with van der Waals surface area (Å²) in [5.41, 5.74) is 7.09. The standard InChI is InChI=1S/C31H41N6PS2/c1-25(34-36-30(39)32-3)26(2)35-37-31(40)33-23-15-4-5-16-24-38(27-17-9-6-10-18-27,28-19-11-7-12-20-28)29-21-13-8-14-22-29/h6-14,17-22,38H,4-5,15-16,23-24H2,1-3H3,(H2,32,36,39)(H2,33,37,40)/b34-25+,35-26-. The van der Waals surface area contributed by atoms with Gasteiger partial charge in [0.2, 0.25) is 0 Å². The normalized spacial score (nSPS) is 12.4. The van der Waals surface area contributed by atoms with E-state index < -0.39 is 7.26 Å². The van der Waals surface area contributed by atoms with Crippen LogP contribution in [0.4, 0.5) is 0 Å². The minimum atomic E-state index is -2.14. The van der Waals surface area contributed by atoms with Gasteiger partial charge in [-0.2, -0.15) is 5.10 Å². The van der Waals surface area contributed by atoms with Crippen LogP contribution in [0.2, 0.25) is 0 Å². The van der Waals surface area contributed by atoms with E-state index in [1.165, 1.54) is 34.9 Å². The Balaban J connectivity index is 1.53. The fourth-order valence-corrected chi connectivity index (χ4v) is 9.82. The molecule has 0 radical (unpaired) electrons. The van der Waals surface area contributed by atoms with Crippen LogP contribution in [0.25, 0.3) is 0 Å². The number of rotatable bonds is 13. The van der Waals surface area contributed by atoms with E-state index in [1.807, 2.05) is 13.8 Å². The molecule has 0 unspecified atom stereocenters. The Morgan fingerprint density at radius 2 is 1.05 bits per heavy atom. The molecule has 0 heterocycles. The van der Waals surface area contributed by atoms with E-state index in [0.717, 1.165) is 25.1 Å². The van der Waals surface area contributed by atoms with Crippen molar-refractivity contribution in [3.05, 3.63) is 91.0 Å². The van der Waals surface area contributed by atoms with E-state index in [1.54, 1.807) is 7.05 Å². The molecule has 0 spiro atoms. The number of benzene rings is 3. The van der Waals surface area contributed by atoms with Crippen molar-refractivity contribution in [2.24, 2.45) is 10.2 Å². The number of hydrogen-bond donors (Lipinski definition) is 4. The molecule has 9 heteroatoms. The number of hydrazone groups is 2. The van der Waals surface area contributed by atoms with Gasteiger partial charge >= 0.3 is 204 Å². The van der Waals surface area contributed by atoms with Gasteiger partial charge < -0.3 is 5.32 Å². The second-order valence-corrected chi connectivity index (χ2v) is 14.5. The Labute approximate surface area is 250 Å². The van der Waals surface area contributed by atoms with E-state index in [0.29, 0.717) is 15.9 Å². The first kappa shape index (κ1) is 31.3. The molecule has 40 heavy (non-hydrogen) atoms. The van der Waals surface area contributed by atoms with Crippen molar-refractivity contribution in [2.45, 2.75) is 39.5 Å². The molecule has 0 atom stereocenters. The van der Waals surface area contributed by atoms with Gasteiger partial charge in [-0.25, -0.2) is 0 Å². The van der Waals surface area contributed by atoms with Gasteiger partial charge in [-0.3, -0.25) is 5.43 Å². The number of nitrogens with zero attached hydrogens (tertiary/aromatic N) is 2. The Morgan fingerprint density at radius 1 is 0.625 bits per heavy atom. The molecule has 6 nitrogen and oxygen atoms in total. The molecule has 0 aliphatic rings. The van der Waals surface area contributed by atoms with Gasteiger partial charge in [0.05, 0.1) is 0 Å². The van der Waals surface area contributed by atoms with E-state index in [-0.39, 0.29) is 0 Å². The molecule has 3 aromatic rings. The summed E-state index contributed by atoms with van der Waals surface area (Å²) < 4.78 is 0. The third kappa shape index (κ3) is 9.19. The van der Waals surface area contributed by atoms with Crippen LogP contribution in [-0.2, 0) is 0 Å². The van der Waals surface area contributed by atoms with Crippen molar-refractivity contribution >= 4 is 69.3 Å². The van der Waals surface area contributed by atoms with Crippen LogP contribution in [0.3, 0.4) is 0 Å². The molecule has 0 saturated heterocycles. The second-order valence-electron chi connectivity index (χ2n) is 9.62. The zero-order valence-electron chi connectivity index (χ0n) is 23.6. The predicted octanol–water partition coefficient (Wildman–Crippen LogP) is 4.58. The Morgan fingerprint density at radius 3 is 1.50 bits per heavy atom. The molecule has 3 rings (SSSR count). The molecule has 0 saturated carbocycles. The van der Waals surface area contributed by atoms with Crippen LogP contribution in [-0.4, -0.2) is 41.4 Å². The Bertz CT molecular complexity index is 1170. The third-order valence-electron chi connectivity index (χ3n) is 6.96. The van der Waals surface area contributed by atoms with Crippen molar-refractivity contribution in [1.29, 1.82) is 0 Å². The molecule has 3 aromatic carbocycles. The summed E-state index contributed by atoms with van der Waals surface area (Å²) in [5.74, 6) is 0. The van der Waals surface area contributed by atoms with Crippen LogP contribution in [0.5, 0.6) is 0 Å². The monoisotopic (exact) mass is 592 g/mol. The molecule has 0 aliphatic carbocycles. The summed E-state index contributed by atoms with van der Waals surface area (Å²) in [5, 5.41) is 19.9. The van der Waals surface area contributed by atoms with Gasteiger partial charge in [-0.15, -0.1) is 0 Å². The SMILES string of the molecule is CNC(=S)N/N=C(C)/C(C)=N\NC(=S)NCCCCCC[PH](c1ccccc1)(c1ccccc1)c1ccccc1. The number of thiocarbonyl (C=S) groups is 2. The minimum absolute atomic E-state index is 0.450. The van der Waals surface area contributed by atoms with Gasteiger partial charge in [-0.1, -0.05) is 0 Å². The van der Waals surface area contributed by atoms with Crippen LogP contribution >= 0.6 is 31.7 Å². The Hall–Kier alpha value is -3.19. The van der Waals surface area contributed by atoms with E-state index in [2.05, 4.69) is 123 Å². The number of hydrogen-bond acceptors (Lipinski definition) is 4. The van der Waals surface area contributed by atoms with Gasteiger partial charge in [0.25, 0.3) is 0 Å². The number of unbranched alkanes of at least 4 members (excludes halogenated alkanes) is 3. The molecule has 0 aromatic heterocycles. The number of nitrogens with one attached hydrogen (secondary N) is 4. The van der Waals surface area contributed by atoms with Crippen molar-refractivity contribution in [2.75, 3.05) is 19.8 Å². The average Bonchev–Trinajstić information content (AvgIpc) is 3.01. The summed E-state index contributed by atoms with van der Waals surface area (Å²) in [6.07, 6.45) is 5.73. The third-order valence-corrected chi connectivity index (χ3v) is 12.6.